The van der Waals surface area contributed by atoms with Gasteiger partial charge in [0.2, 0.25) is 11.2 Å². The van der Waals surface area contributed by atoms with Gasteiger partial charge in [0, 0.05) is 46.8 Å². The summed E-state index contributed by atoms with van der Waals surface area (Å²) in [6, 6.07) is 34.7. The van der Waals surface area contributed by atoms with Crippen molar-refractivity contribution in [2.45, 2.75) is 49.7 Å². The van der Waals surface area contributed by atoms with Gasteiger partial charge in [0.15, 0.2) is 0 Å². The van der Waals surface area contributed by atoms with Crippen molar-refractivity contribution >= 4 is 28.7 Å². The summed E-state index contributed by atoms with van der Waals surface area (Å²) < 4.78 is 5.91. The number of phenolic OH excluding ortho intramolecular Hbond substituents is 1. The number of carbonyl (C=O) groups excluding carboxylic acids is 2. The summed E-state index contributed by atoms with van der Waals surface area (Å²) >= 11 is 0. The molecule has 1 heterocycles. The smallest absolute Gasteiger partial charge is 0.345 e. The van der Waals surface area contributed by atoms with Gasteiger partial charge in [-0.05, 0) is 96.6 Å². The fourth-order valence-electron chi connectivity index (χ4n) is 7.17. The van der Waals surface area contributed by atoms with Crippen molar-refractivity contribution in [1.29, 1.82) is 0 Å². The average Bonchev–Trinajstić information content (AvgIpc) is 3.24. The van der Waals surface area contributed by atoms with E-state index in [1.54, 1.807) is 91.0 Å². The lowest BCUT2D eigenvalue weighted by molar-refractivity contribution is -0.155. The van der Waals surface area contributed by atoms with Crippen LogP contribution >= 0.6 is 0 Å². The molecule has 1 saturated carbocycles. The second-order valence-corrected chi connectivity index (χ2v) is 14.7. The number of aromatic hydroxyl groups is 1. The number of rotatable bonds is 16. The van der Waals surface area contributed by atoms with Crippen LogP contribution in [-0.2, 0) is 23.4 Å². The zero-order valence-corrected chi connectivity index (χ0v) is 31.9. The number of aliphatic carboxylic acids is 1. The first-order valence-electron chi connectivity index (χ1n) is 19.3. The molecule has 2 atom stereocenters. The number of hydrogen-bond acceptors (Lipinski definition) is 9. The highest BCUT2D eigenvalue weighted by molar-refractivity contribution is 5.95. The van der Waals surface area contributed by atoms with Crippen molar-refractivity contribution in [3.63, 3.8) is 0 Å². The molecule has 6 aromatic rings. The lowest BCUT2D eigenvalue weighted by Crippen LogP contribution is -2.53. The van der Waals surface area contributed by atoms with Crippen molar-refractivity contribution < 1.29 is 39.5 Å². The van der Waals surface area contributed by atoms with Gasteiger partial charge in [-0.1, -0.05) is 72.8 Å². The van der Waals surface area contributed by atoms with E-state index in [-0.39, 0.29) is 65.0 Å². The Labute approximate surface area is 339 Å². The lowest BCUT2D eigenvalue weighted by Gasteiger charge is -2.36. The molecule has 0 unspecified atom stereocenters. The average molecular weight is 797 g/mol. The van der Waals surface area contributed by atoms with E-state index in [2.05, 4.69) is 20.9 Å². The Balaban J connectivity index is 0.814. The van der Waals surface area contributed by atoms with E-state index in [4.69, 9.17) is 4.74 Å². The molecule has 13 nitrogen and oxygen atoms in total. The summed E-state index contributed by atoms with van der Waals surface area (Å²) in [7, 11) is 0. The first kappa shape index (κ1) is 40.4. The number of H-pyrrole nitrogens is 1. The molecule has 1 fully saturated rings. The molecule has 0 radical (unpaired) electrons. The van der Waals surface area contributed by atoms with E-state index in [1.807, 2.05) is 12.1 Å². The molecular weight excluding hydrogens is 753 g/mol. The molecule has 59 heavy (non-hydrogen) atoms. The number of fused-ring (bicyclic) bond motifs is 1. The first-order valence-corrected chi connectivity index (χ1v) is 19.3. The SMILES string of the molecule is O=C(NC1CC(NC(=O)c2ccc(COc3cccc([C@](O)(C(=O)O)c4ccccc4)c3)cc2)C1)c1ccc(CCNC[C@H](O)c2ccc(O)c3[nH]c(=O)ccc23)cc1. The predicted octanol–water partition coefficient (Wildman–Crippen LogP) is 4.69. The molecule has 8 N–H and O–H groups in total. The minimum Gasteiger partial charge on any atom is -0.506 e. The lowest BCUT2D eigenvalue weighted by atomic mass is 9.86. The zero-order valence-electron chi connectivity index (χ0n) is 31.9. The monoisotopic (exact) mass is 796 g/mol. The summed E-state index contributed by atoms with van der Waals surface area (Å²) in [5.74, 6) is -1.49. The Hall–Kier alpha value is -6.80. The Kier molecular flexibility index (Phi) is 12.2. The van der Waals surface area contributed by atoms with Gasteiger partial charge in [0.1, 0.15) is 18.1 Å². The van der Waals surface area contributed by atoms with Gasteiger partial charge in [0.25, 0.3) is 11.8 Å². The van der Waals surface area contributed by atoms with Crippen LogP contribution in [0, 0.1) is 0 Å². The van der Waals surface area contributed by atoms with E-state index in [0.717, 1.165) is 11.1 Å². The number of aromatic amines is 1. The number of amides is 2. The van der Waals surface area contributed by atoms with Gasteiger partial charge in [-0.2, -0.15) is 0 Å². The van der Waals surface area contributed by atoms with Gasteiger partial charge in [-0.25, -0.2) is 4.79 Å². The van der Waals surface area contributed by atoms with Gasteiger partial charge in [-0.3, -0.25) is 14.4 Å². The number of hydrogen-bond donors (Lipinski definition) is 8. The number of pyridine rings is 1. The highest BCUT2D eigenvalue weighted by Gasteiger charge is 2.40. The summed E-state index contributed by atoms with van der Waals surface area (Å²) in [6.07, 6.45) is 1.03. The molecule has 1 aliphatic rings. The van der Waals surface area contributed by atoms with E-state index >= 15 is 0 Å². The summed E-state index contributed by atoms with van der Waals surface area (Å²) in [5, 5.41) is 51.8. The number of nitrogens with one attached hydrogen (secondary N) is 4. The number of aliphatic hydroxyl groups is 2. The fourth-order valence-corrected chi connectivity index (χ4v) is 7.17. The molecule has 7 rings (SSSR count). The van der Waals surface area contributed by atoms with Crippen LogP contribution in [0.25, 0.3) is 10.9 Å². The molecule has 0 saturated heterocycles. The quantitative estimate of drug-likeness (QED) is 0.0634. The number of carboxylic acid groups (broad SMARTS) is 1. The second kappa shape index (κ2) is 17.8. The predicted molar refractivity (Wildman–Crippen MR) is 220 cm³/mol. The third-order valence-corrected chi connectivity index (χ3v) is 10.6. The molecule has 2 amide bonds. The Morgan fingerprint density at radius 3 is 2.03 bits per heavy atom. The number of ether oxygens (including phenoxy) is 1. The highest BCUT2D eigenvalue weighted by Crippen LogP contribution is 2.33. The van der Waals surface area contributed by atoms with Gasteiger partial charge in [-0.15, -0.1) is 0 Å². The number of carboxylic acids is 1. The molecule has 5 aromatic carbocycles. The van der Waals surface area contributed by atoms with Crippen molar-refractivity contribution in [3.05, 3.63) is 177 Å². The normalized spacial score (nSPS) is 16.3. The van der Waals surface area contributed by atoms with E-state index < -0.39 is 17.7 Å². The number of phenols is 1. The number of carbonyl (C=O) groups is 3. The minimum atomic E-state index is -2.25. The van der Waals surface area contributed by atoms with Crippen LogP contribution in [0.2, 0.25) is 0 Å². The minimum absolute atomic E-state index is 0.0621. The maximum atomic E-state index is 12.9. The third kappa shape index (κ3) is 9.34. The van der Waals surface area contributed by atoms with Crippen LogP contribution < -0.4 is 26.2 Å². The molecule has 1 aliphatic carbocycles. The standard InChI is InChI=1S/C46H44N4O9/c51-39-19-17-37(38-18-20-41(53)50-42(38)39)40(52)26-47-22-21-28-9-13-30(14-10-28)43(54)48-34-24-35(25-34)49-44(55)31-15-11-29(12-16-31)27-59-36-8-4-7-33(23-36)46(58,45(56)57)32-5-2-1-3-6-32/h1-20,23,34-35,40,47,51-52,58H,21-22,24-27H2,(H,48,54)(H,49,55)(H,50,53)(H,56,57)/t34?,35?,40-,46-/m0/s1. The number of benzene rings is 5. The molecule has 1 aromatic heterocycles. The molecule has 0 aliphatic heterocycles. The van der Waals surface area contributed by atoms with Crippen molar-refractivity contribution in [1.82, 2.24) is 20.9 Å². The van der Waals surface area contributed by atoms with Crippen LogP contribution in [0.15, 0.2) is 132 Å². The highest BCUT2D eigenvalue weighted by atomic mass is 16.5. The van der Waals surface area contributed by atoms with Crippen molar-refractivity contribution in [2.75, 3.05) is 13.1 Å². The van der Waals surface area contributed by atoms with Crippen LogP contribution in [0.5, 0.6) is 11.5 Å². The number of aliphatic hydroxyl groups excluding tert-OH is 1. The maximum absolute atomic E-state index is 12.9. The molecule has 0 bridgehead atoms. The summed E-state index contributed by atoms with van der Waals surface area (Å²) in [5.41, 5.74) is 1.50. The zero-order chi connectivity index (χ0) is 41.5. The molecule has 13 heteroatoms. The van der Waals surface area contributed by atoms with Crippen molar-refractivity contribution in [3.8, 4) is 11.5 Å². The fraction of sp³-hybridized carbons (Fsp3) is 0.217. The topological polar surface area (TPSA) is 210 Å². The van der Waals surface area contributed by atoms with Crippen molar-refractivity contribution in [2.24, 2.45) is 0 Å². The van der Waals surface area contributed by atoms with Gasteiger partial charge in [0.05, 0.1) is 11.6 Å². The van der Waals surface area contributed by atoms with Crippen LogP contribution in [0.4, 0.5) is 0 Å². The Morgan fingerprint density at radius 2 is 1.39 bits per heavy atom. The molecular formula is C46H44N4O9. The first-order chi connectivity index (χ1) is 28.5. The van der Waals surface area contributed by atoms with Crippen LogP contribution in [0.3, 0.4) is 0 Å². The van der Waals surface area contributed by atoms with Gasteiger partial charge < -0.3 is 46.1 Å². The summed E-state index contributed by atoms with van der Waals surface area (Å²) in [4.78, 5) is 52.3. The Bertz CT molecular complexity index is 2500. The van der Waals surface area contributed by atoms with E-state index in [9.17, 15) is 39.6 Å². The Morgan fingerprint density at radius 1 is 0.763 bits per heavy atom. The number of aromatic nitrogens is 1. The maximum Gasteiger partial charge on any atom is 0.345 e. The van der Waals surface area contributed by atoms with E-state index in [1.165, 1.54) is 24.3 Å². The van der Waals surface area contributed by atoms with Gasteiger partial charge >= 0.3 is 5.97 Å². The third-order valence-electron chi connectivity index (χ3n) is 10.6. The van der Waals surface area contributed by atoms with Crippen LogP contribution in [0.1, 0.15) is 67.5 Å². The largest absolute Gasteiger partial charge is 0.506 e. The summed E-state index contributed by atoms with van der Waals surface area (Å²) in [6.45, 7) is 1.01. The molecule has 302 valence electrons. The second-order valence-electron chi connectivity index (χ2n) is 14.7. The van der Waals surface area contributed by atoms with E-state index in [0.29, 0.717) is 53.6 Å². The van der Waals surface area contributed by atoms with Crippen LogP contribution in [-0.4, -0.2) is 68.4 Å². The molecule has 0 spiro atoms.